The van der Waals surface area contributed by atoms with E-state index in [1.54, 1.807) is 41.5 Å². The number of benzene rings is 1. The van der Waals surface area contributed by atoms with Gasteiger partial charge in [0, 0.05) is 22.9 Å². The Labute approximate surface area is 170 Å². The molecule has 7 heteroatoms. The second kappa shape index (κ2) is 9.03. The number of H-pyrrole nitrogens is 1. The van der Waals surface area contributed by atoms with E-state index in [2.05, 4.69) is 4.98 Å². The Morgan fingerprint density at radius 1 is 1.17 bits per heavy atom. The van der Waals surface area contributed by atoms with Crippen LogP contribution in [0.1, 0.15) is 70.2 Å². The van der Waals surface area contributed by atoms with Crippen molar-refractivity contribution in [2.75, 3.05) is 6.61 Å². The van der Waals surface area contributed by atoms with E-state index in [0.29, 0.717) is 16.8 Å². The van der Waals surface area contributed by atoms with E-state index in [-0.39, 0.29) is 29.7 Å². The van der Waals surface area contributed by atoms with Crippen molar-refractivity contribution in [1.29, 1.82) is 0 Å². The molecule has 0 saturated carbocycles. The molecule has 156 valence electrons. The third kappa shape index (κ3) is 4.55. The molecule has 0 saturated heterocycles. The SMILES string of the molecule is CCOC(=O)c1[nH]c(C)c(C(=O)[C@H](C)N(C(=O)c2cccc(F)c2)C(C)C)c1C. The van der Waals surface area contributed by atoms with Gasteiger partial charge in [-0.1, -0.05) is 6.07 Å². The normalized spacial score (nSPS) is 12.0. The van der Waals surface area contributed by atoms with Crippen LogP contribution in [-0.4, -0.2) is 46.2 Å². The molecule has 0 spiro atoms. The van der Waals surface area contributed by atoms with Crippen molar-refractivity contribution < 1.29 is 23.5 Å². The summed E-state index contributed by atoms with van der Waals surface area (Å²) in [7, 11) is 0. The number of nitrogens with zero attached hydrogens (tertiary/aromatic N) is 1. The Balaban J connectivity index is 2.40. The van der Waals surface area contributed by atoms with Gasteiger partial charge < -0.3 is 14.6 Å². The number of carbonyl (C=O) groups is 3. The second-order valence-corrected chi connectivity index (χ2v) is 7.20. The maximum absolute atomic E-state index is 13.6. The molecule has 1 amide bonds. The predicted octanol–water partition coefficient (Wildman–Crippen LogP) is 4.07. The summed E-state index contributed by atoms with van der Waals surface area (Å²) in [6, 6.07) is 4.28. The highest BCUT2D eigenvalue weighted by atomic mass is 19.1. The van der Waals surface area contributed by atoms with Gasteiger partial charge in [0.1, 0.15) is 11.5 Å². The van der Waals surface area contributed by atoms with Crippen molar-refractivity contribution in [1.82, 2.24) is 9.88 Å². The number of ether oxygens (including phenoxy) is 1. The summed E-state index contributed by atoms with van der Waals surface area (Å²) in [4.78, 5) is 42.8. The number of amides is 1. The molecule has 0 bridgehead atoms. The van der Waals surface area contributed by atoms with Gasteiger partial charge in [-0.15, -0.1) is 0 Å². The molecular formula is C22H27FN2O4. The summed E-state index contributed by atoms with van der Waals surface area (Å²) in [5, 5.41) is 0. The number of halogens is 1. The minimum Gasteiger partial charge on any atom is -0.461 e. The van der Waals surface area contributed by atoms with Crippen LogP contribution in [0.15, 0.2) is 24.3 Å². The molecule has 1 aromatic heterocycles. The van der Waals surface area contributed by atoms with Crippen LogP contribution in [0.25, 0.3) is 0 Å². The molecule has 0 fully saturated rings. The van der Waals surface area contributed by atoms with Gasteiger partial charge in [0.15, 0.2) is 5.78 Å². The number of hydrogen-bond donors (Lipinski definition) is 1. The van der Waals surface area contributed by atoms with Crippen LogP contribution in [0.2, 0.25) is 0 Å². The lowest BCUT2D eigenvalue weighted by molar-refractivity contribution is 0.0518. The number of rotatable bonds is 7. The number of Topliss-reactive ketones (excluding diaryl/α,β-unsaturated/α-hetero) is 1. The summed E-state index contributed by atoms with van der Waals surface area (Å²) in [5.74, 6) is -1.78. The maximum Gasteiger partial charge on any atom is 0.355 e. The Kier molecular flexibility index (Phi) is 6.95. The number of aromatic amines is 1. The molecule has 29 heavy (non-hydrogen) atoms. The lowest BCUT2D eigenvalue weighted by Gasteiger charge is -2.32. The summed E-state index contributed by atoms with van der Waals surface area (Å²) < 4.78 is 18.6. The van der Waals surface area contributed by atoms with E-state index in [9.17, 15) is 18.8 Å². The summed E-state index contributed by atoms with van der Waals surface area (Å²) in [6.07, 6.45) is 0. The van der Waals surface area contributed by atoms with Crippen molar-refractivity contribution >= 4 is 17.7 Å². The zero-order chi connectivity index (χ0) is 21.9. The van der Waals surface area contributed by atoms with Crippen LogP contribution in [0.4, 0.5) is 4.39 Å². The molecule has 1 heterocycles. The van der Waals surface area contributed by atoms with Crippen LogP contribution in [0.5, 0.6) is 0 Å². The molecule has 1 N–H and O–H groups in total. The van der Waals surface area contributed by atoms with E-state index in [0.717, 1.165) is 6.07 Å². The van der Waals surface area contributed by atoms with Gasteiger partial charge in [0.05, 0.1) is 12.6 Å². The highest BCUT2D eigenvalue weighted by Crippen LogP contribution is 2.24. The molecule has 0 radical (unpaired) electrons. The van der Waals surface area contributed by atoms with Crippen molar-refractivity contribution in [3.05, 3.63) is 58.2 Å². The van der Waals surface area contributed by atoms with Gasteiger partial charge in [0.25, 0.3) is 5.91 Å². The third-order valence-electron chi connectivity index (χ3n) is 4.82. The first kappa shape index (κ1) is 22.3. The molecule has 1 atom stereocenters. The standard InChI is InChI=1S/C22H27FN2O4/c1-7-29-22(28)19-13(4)18(14(5)24-19)20(26)15(6)25(12(2)3)21(27)16-9-8-10-17(23)11-16/h8-12,15,24H,7H2,1-6H3/t15-/m0/s1. The van der Waals surface area contributed by atoms with Crippen LogP contribution in [0.3, 0.4) is 0 Å². The minimum atomic E-state index is -0.811. The molecule has 0 aliphatic carbocycles. The topological polar surface area (TPSA) is 79.5 Å². The van der Waals surface area contributed by atoms with Crippen LogP contribution >= 0.6 is 0 Å². The van der Waals surface area contributed by atoms with Crippen molar-refractivity contribution in [2.24, 2.45) is 0 Å². The first-order valence-electron chi connectivity index (χ1n) is 9.58. The van der Waals surface area contributed by atoms with E-state index in [1.807, 2.05) is 0 Å². The van der Waals surface area contributed by atoms with E-state index in [1.165, 1.54) is 23.1 Å². The highest BCUT2D eigenvalue weighted by molar-refractivity contribution is 6.07. The highest BCUT2D eigenvalue weighted by Gasteiger charge is 2.33. The van der Waals surface area contributed by atoms with Gasteiger partial charge in [-0.25, -0.2) is 9.18 Å². The number of esters is 1. The molecule has 1 aromatic carbocycles. The van der Waals surface area contributed by atoms with Gasteiger partial charge in [0.2, 0.25) is 0 Å². The van der Waals surface area contributed by atoms with Crippen LogP contribution in [-0.2, 0) is 4.74 Å². The van der Waals surface area contributed by atoms with E-state index >= 15 is 0 Å². The largest absolute Gasteiger partial charge is 0.461 e. The van der Waals surface area contributed by atoms with Crippen LogP contribution in [0, 0.1) is 19.7 Å². The average molecular weight is 402 g/mol. The molecule has 0 aliphatic rings. The Bertz CT molecular complexity index is 933. The van der Waals surface area contributed by atoms with E-state index in [4.69, 9.17) is 4.74 Å². The fourth-order valence-corrected chi connectivity index (χ4v) is 3.49. The van der Waals surface area contributed by atoms with Crippen LogP contribution < -0.4 is 0 Å². The Hall–Kier alpha value is -2.96. The van der Waals surface area contributed by atoms with E-state index < -0.39 is 23.7 Å². The average Bonchev–Trinajstić information content (AvgIpc) is 2.95. The number of nitrogens with one attached hydrogen (secondary N) is 1. The first-order valence-corrected chi connectivity index (χ1v) is 9.58. The first-order chi connectivity index (χ1) is 13.6. The maximum atomic E-state index is 13.6. The van der Waals surface area contributed by atoms with Crippen molar-refractivity contribution in [2.45, 2.75) is 53.6 Å². The monoisotopic (exact) mass is 402 g/mol. The number of aryl methyl sites for hydroxylation is 1. The van der Waals surface area contributed by atoms with Gasteiger partial charge in [-0.05, 0) is 65.3 Å². The lowest BCUT2D eigenvalue weighted by Crippen LogP contribution is -2.47. The Morgan fingerprint density at radius 3 is 2.38 bits per heavy atom. The van der Waals surface area contributed by atoms with Gasteiger partial charge in [-0.2, -0.15) is 0 Å². The summed E-state index contributed by atoms with van der Waals surface area (Å²) >= 11 is 0. The molecular weight excluding hydrogens is 375 g/mol. The number of hydrogen-bond acceptors (Lipinski definition) is 4. The van der Waals surface area contributed by atoms with Crippen molar-refractivity contribution in [3.8, 4) is 0 Å². The van der Waals surface area contributed by atoms with Crippen molar-refractivity contribution in [3.63, 3.8) is 0 Å². The zero-order valence-electron chi connectivity index (χ0n) is 17.6. The third-order valence-corrected chi connectivity index (χ3v) is 4.82. The lowest BCUT2D eigenvalue weighted by atomic mass is 9.98. The molecule has 0 unspecified atom stereocenters. The fourth-order valence-electron chi connectivity index (χ4n) is 3.49. The second-order valence-electron chi connectivity index (χ2n) is 7.20. The summed E-state index contributed by atoms with van der Waals surface area (Å²) in [5.41, 5.74) is 1.78. The number of carbonyl (C=O) groups excluding carboxylic acids is 3. The smallest absolute Gasteiger partial charge is 0.355 e. The molecule has 0 aliphatic heterocycles. The van der Waals surface area contributed by atoms with Gasteiger partial charge in [-0.3, -0.25) is 9.59 Å². The molecule has 2 rings (SSSR count). The minimum absolute atomic E-state index is 0.174. The molecule has 2 aromatic rings. The number of ketones is 1. The molecule has 6 nitrogen and oxygen atoms in total. The quantitative estimate of drug-likeness (QED) is 0.559. The zero-order valence-corrected chi connectivity index (χ0v) is 17.6. The fraction of sp³-hybridized carbons (Fsp3) is 0.409. The Morgan fingerprint density at radius 2 is 1.83 bits per heavy atom. The van der Waals surface area contributed by atoms with Gasteiger partial charge >= 0.3 is 5.97 Å². The summed E-state index contributed by atoms with van der Waals surface area (Å²) in [6.45, 7) is 10.5. The number of aromatic nitrogens is 1. The predicted molar refractivity (Wildman–Crippen MR) is 108 cm³/mol.